The van der Waals surface area contributed by atoms with Gasteiger partial charge in [0, 0.05) is 18.8 Å². The summed E-state index contributed by atoms with van der Waals surface area (Å²) in [6.45, 7) is 2.18. The molecule has 0 saturated carbocycles. The summed E-state index contributed by atoms with van der Waals surface area (Å²) in [6, 6.07) is 8.04. The van der Waals surface area contributed by atoms with Crippen molar-refractivity contribution in [2.45, 2.75) is 6.42 Å². The van der Waals surface area contributed by atoms with Crippen molar-refractivity contribution in [2.24, 2.45) is 0 Å². The van der Waals surface area contributed by atoms with Crippen LogP contribution in [0.25, 0.3) is 11.0 Å². The largest absolute Gasteiger partial charge is 0.354 e. The molecule has 0 bridgehead atoms. The van der Waals surface area contributed by atoms with Crippen molar-refractivity contribution < 1.29 is 0 Å². The van der Waals surface area contributed by atoms with E-state index < -0.39 is 0 Å². The minimum absolute atomic E-state index is 0.973. The Hall–Kier alpha value is -1.29. The van der Waals surface area contributed by atoms with Crippen LogP contribution >= 0.6 is 11.8 Å². The predicted molar refractivity (Wildman–Crippen MR) is 73.7 cm³/mol. The van der Waals surface area contributed by atoms with E-state index in [0.717, 1.165) is 29.9 Å². The van der Waals surface area contributed by atoms with Gasteiger partial charge < -0.3 is 4.90 Å². The van der Waals surface area contributed by atoms with Gasteiger partial charge in [0.15, 0.2) is 0 Å². The number of para-hydroxylation sites is 2. The first-order valence-electron chi connectivity index (χ1n) is 5.98. The molecular formula is C13H15N3S. The summed E-state index contributed by atoms with van der Waals surface area (Å²) in [5, 5.41) is 0. The van der Waals surface area contributed by atoms with Gasteiger partial charge in [0.2, 0.25) is 0 Å². The first kappa shape index (κ1) is 10.8. The fraction of sp³-hybridized carbons (Fsp3) is 0.385. The topological polar surface area (TPSA) is 29.0 Å². The van der Waals surface area contributed by atoms with Crippen molar-refractivity contribution in [1.82, 2.24) is 9.97 Å². The third-order valence-electron chi connectivity index (χ3n) is 2.98. The molecule has 2 heterocycles. The third-order valence-corrected chi connectivity index (χ3v) is 4.03. The van der Waals surface area contributed by atoms with E-state index in [1.165, 1.54) is 17.9 Å². The molecule has 1 aromatic carbocycles. The number of thioether (sulfide) groups is 1. The number of aromatic nitrogens is 2. The van der Waals surface area contributed by atoms with Crippen molar-refractivity contribution in [3.05, 3.63) is 30.5 Å². The SMILES string of the molecule is c1ccc2nc(N3CCCSCC3)cnc2c1. The Morgan fingerprint density at radius 1 is 1.06 bits per heavy atom. The molecule has 0 radical (unpaired) electrons. The zero-order chi connectivity index (χ0) is 11.5. The summed E-state index contributed by atoms with van der Waals surface area (Å²) >= 11 is 2.03. The Kier molecular flexibility index (Phi) is 3.14. The van der Waals surface area contributed by atoms with E-state index >= 15 is 0 Å². The molecule has 4 heteroatoms. The Labute approximate surface area is 105 Å². The Morgan fingerprint density at radius 2 is 1.94 bits per heavy atom. The average molecular weight is 245 g/mol. The van der Waals surface area contributed by atoms with Gasteiger partial charge in [-0.15, -0.1) is 0 Å². The van der Waals surface area contributed by atoms with Gasteiger partial charge in [-0.3, -0.25) is 4.98 Å². The van der Waals surface area contributed by atoms with Crippen molar-refractivity contribution in [1.29, 1.82) is 0 Å². The number of fused-ring (bicyclic) bond motifs is 1. The lowest BCUT2D eigenvalue weighted by Gasteiger charge is -2.20. The molecule has 0 unspecified atom stereocenters. The highest BCUT2D eigenvalue weighted by Gasteiger charge is 2.11. The van der Waals surface area contributed by atoms with E-state index in [1.54, 1.807) is 0 Å². The average Bonchev–Trinajstić information content (AvgIpc) is 2.67. The molecular weight excluding hydrogens is 230 g/mol. The zero-order valence-corrected chi connectivity index (χ0v) is 10.5. The minimum Gasteiger partial charge on any atom is -0.354 e. The van der Waals surface area contributed by atoms with Gasteiger partial charge in [-0.05, 0) is 24.3 Å². The summed E-state index contributed by atoms with van der Waals surface area (Å²) in [4.78, 5) is 11.5. The smallest absolute Gasteiger partial charge is 0.147 e. The van der Waals surface area contributed by atoms with Gasteiger partial charge in [0.1, 0.15) is 5.82 Å². The van der Waals surface area contributed by atoms with Crippen molar-refractivity contribution in [3.8, 4) is 0 Å². The second-order valence-corrected chi connectivity index (χ2v) is 5.39. The quantitative estimate of drug-likeness (QED) is 0.772. The van der Waals surface area contributed by atoms with E-state index in [1.807, 2.05) is 42.2 Å². The van der Waals surface area contributed by atoms with Crippen LogP contribution in [0.3, 0.4) is 0 Å². The maximum atomic E-state index is 4.69. The number of anilines is 1. The number of hydrogen-bond acceptors (Lipinski definition) is 4. The van der Waals surface area contributed by atoms with Crippen molar-refractivity contribution in [2.75, 3.05) is 29.5 Å². The van der Waals surface area contributed by atoms with Gasteiger partial charge in [0.25, 0.3) is 0 Å². The summed E-state index contributed by atoms with van der Waals surface area (Å²) < 4.78 is 0. The Bertz CT molecular complexity index is 507. The molecule has 3 nitrogen and oxygen atoms in total. The van der Waals surface area contributed by atoms with Gasteiger partial charge in [-0.2, -0.15) is 11.8 Å². The van der Waals surface area contributed by atoms with Crippen LogP contribution < -0.4 is 4.90 Å². The molecule has 17 heavy (non-hydrogen) atoms. The highest BCUT2D eigenvalue weighted by molar-refractivity contribution is 7.99. The lowest BCUT2D eigenvalue weighted by Crippen LogP contribution is -2.26. The summed E-state index contributed by atoms with van der Waals surface area (Å²) in [7, 11) is 0. The highest BCUT2D eigenvalue weighted by Crippen LogP contribution is 2.18. The molecule has 1 aliphatic heterocycles. The van der Waals surface area contributed by atoms with E-state index in [-0.39, 0.29) is 0 Å². The second-order valence-electron chi connectivity index (χ2n) is 4.17. The molecule has 0 N–H and O–H groups in total. The molecule has 1 aliphatic rings. The van der Waals surface area contributed by atoms with Crippen LogP contribution in [0.5, 0.6) is 0 Å². The van der Waals surface area contributed by atoms with Gasteiger partial charge in [0.05, 0.1) is 17.2 Å². The summed E-state index contributed by atoms with van der Waals surface area (Å²) in [5.74, 6) is 3.47. The molecule has 2 aromatic rings. The number of nitrogens with zero attached hydrogens (tertiary/aromatic N) is 3. The maximum absolute atomic E-state index is 4.69. The number of hydrogen-bond donors (Lipinski definition) is 0. The standard InChI is InChI=1S/C13H15N3S/c1-2-5-12-11(4-1)14-10-13(15-12)16-6-3-8-17-9-7-16/h1-2,4-5,10H,3,6-9H2. The summed E-state index contributed by atoms with van der Waals surface area (Å²) in [5.41, 5.74) is 1.96. The molecule has 1 fully saturated rings. The van der Waals surface area contributed by atoms with E-state index in [2.05, 4.69) is 9.88 Å². The van der Waals surface area contributed by atoms with E-state index in [0.29, 0.717) is 0 Å². The van der Waals surface area contributed by atoms with Crippen molar-refractivity contribution in [3.63, 3.8) is 0 Å². The zero-order valence-electron chi connectivity index (χ0n) is 9.67. The molecule has 0 spiro atoms. The number of benzene rings is 1. The lowest BCUT2D eigenvalue weighted by atomic mass is 10.3. The monoisotopic (exact) mass is 245 g/mol. The molecule has 0 aliphatic carbocycles. The molecule has 0 amide bonds. The lowest BCUT2D eigenvalue weighted by molar-refractivity contribution is 0.801. The van der Waals surface area contributed by atoms with Crippen molar-refractivity contribution >= 4 is 28.6 Å². The first-order chi connectivity index (χ1) is 8.43. The van der Waals surface area contributed by atoms with Crippen LogP contribution in [-0.2, 0) is 0 Å². The van der Waals surface area contributed by atoms with Crippen LogP contribution in [0, 0.1) is 0 Å². The van der Waals surface area contributed by atoms with Gasteiger partial charge >= 0.3 is 0 Å². The van der Waals surface area contributed by atoms with Crippen LogP contribution in [0.15, 0.2) is 30.5 Å². The normalized spacial score (nSPS) is 17.1. The fourth-order valence-electron chi connectivity index (χ4n) is 2.07. The predicted octanol–water partition coefficient (Wildman–Crippen LogP) is 2.57. The Balaban J connectivity index is 1.93. The molecule has 88 valence electrons. The van der Waals surface area contributed by atoms with Crippen LogP contribution in [-0.4, -0.2) is 34.6 Å². The molecule has 1 saturated heterocycles. The van der Waals surface area contributed by atoms with Gasteiger partial charge in [-0.1, -0.05) is 12.1 Å². The third kappa shape index (κ3) is 2.36. The highest BCUT2D eigenvalue weighted by atomic mass is 32.2. The van der Waals surface area contributed by atoms with E-state index in [4.69, 9.17) is 4.98 Å². The number of rotatable bonds is 1. The van der Waals surface area contributed by atoms with E-state index in [9.17, 15) is 0 Å². The van der Waals surface area contributed by atoms with Crippen LogP contribution in [0.4, 0.5) is 5.82 Å². The van der Waals surface area contributed by atoms with Crippen LogP contribution in [0.1, 0.15) is 6.42 Å². The first-order valence-corrected chi connectivity index (χ1v) is 7.13. The minimum atomic E-state index is 0.973. The fourth-order valence-corrected chi connectivity index (χ4v) is 2.96. The maximum Gasteiger partial charge on any atom is 0.147 e. The molecule has 1 aromatic heterocycles. The Morgan fingerprint density at radius 3 is 2.88 bits per heavy atom. The molecule has 3 rings (SSSR count). The summed E-state index contributed by atoms with van der Waals surface area (Å²) in [6.07, 6.45) is 3.14. The molecule has 0 atom stereocenters. The van der Waals surface area contributed by atoms with Gasteiger partial charge in [-0.25, -0.2) is 4.98 Å². The second kappa shape index (κ2) is 4.92. The van der Waals surface area contributed by atoms with Crippen LogP contribution in [0.2, 0.25) is 0 Å².